The Balaban J connectivity index is 1.70. The van der Waals surface area contributed by atoms with Gasteiger partial charge in [-0.25, -0.2) is 0 Å². The number of carbonyl (C=O) groups excluding carboxylic acids is 1. The fraction of sp³-hybridized carbons (Fsp3) is 0. The van der Waals surface area contributed by atoms with Gasteiger partial charge in [-0.2, -0.15) is 5.10 Å². The van der Waals surface area contributed by atoms with Crippen LogP contribution in [-0.2, 0) is 0 Å². The lowest BCUT2D eigenvalue weighted by Gasteiger charge is -2.04. The zero-order valence-corrected chi connectivity index (χ0v) is 13.0. The van der Waals surface area contributed by atoms with E-state index in [9.17, 15) is 9.59 Å². The van der Waals surface area contributed by atoms with E-state index in [1.54, 1.807) is 12.4 Å². The number of rotatable bonds is 3. The van der Waals surface area contributed by atoms with Crippen LogP contribution in [-0.4, -0.2) is 26.1 Å². The van der Waals surface area contributed by atoms with E-state index in [-0.39, 0.29) is 17.2 Å². The molecule has 122 valence electrons. The second kappa shape index (κ2) is 6.04. The Kier molecular flexibility index (Phi) is 3.59. The van der Waals surface area contributed by atoms with E-state index in [0.29, 0.717) is 11.1 Å². The third-order valence-electron chi connectivity index (χ3n) is 3.81. The zero-order chi connectivity index (χ0) is 17.2. The summed E-state index contributed by atoms with van der Waals surface area (Å²) < 4.78 is 0. The number of hydrogen-bond donors (Lipinski definition) is 3. The Morgan fingerprint density at radius 3 is 2.76 bits per heavy atom. The first-order chi connectivity index (χ1) is 12.2. The number of anilines is 1. The molecule has 7 nitrogen and oxygen atoms in total. The molecule has 0 fully saturated rings. The quantitative estimate of drug-likeness (QED) is 0.537. The number of nitrogens with one attached hydrogen (secondary N) is 3. The third kappa shape index (κ3) is 2.90. The zero-order valence-electron chi connectivity index (χ0n) is 13.0. The maximum Gasteiger partial charge on any atom is 0.276 e. The average Bonchev–Trinajstić information content (AvgIpc) is 3.07. The molecule has 3 N–H and O–H groups in total. The predicted molar refractivity (Wildman–Crippen MR) is 94.3 cm³/mol. The highest BCUT2D eigenvalue weighted by Crippen LogP contribution is 2.25. The van der Waals surface area contributed by atoms with Crippen LogP contribution in [0.15, 0.2) is 65.8 Å². The molecule has 0 saturated carbocycles. The predicted octanol–water partition coefficient (Wildman–Crippen LogP) is 2.57. The molecule has 3 heterocycles. The molecule has 0 saturated heterocycles. The number of aromatic nitrogens is 4. The lowest BCUT2D eigenvalue weighted by atomic mass is 10.0. The minimum Gasteiger partial charge on any atom is -0.327 e. The Bertz CT molecular complexity index is 1090. The first kappa shape index (κ1) is 14.8. The summed E-state index contributed by atoms with van der Waals surface area (Å²) in [5.41, 5.74) is 3.21. The van der Waals surface area contributed by atoms with Gasteiger partial charge in [-0.1, -0.05) is 12.1 Å². The minimum atomic E-state index is -0.360. The van der Waals surface area contributed by atoms with Crippen molar-refractivity contribution in [2.75, 3.05) is 5.32 Å². The summed E-state index contributed by atoms with van der Waals surface area (Å²) in [6, 6.07) is 12.4. The van der Waals surface area contributed by atoms with E-state index in [1.165, 1.54) is 18.3 Å². The van der Waals surface area contributed by atoms with Crippen LogP contribution in [0.5, 0.6) is 0 Å². The first-order valence-corrected chi connectivity index (χ1v) is 7.59. The number of hydrogen-bond acceptors (Lipinski definition) is 4. The van der Waals surface area contributed by atoms with Gasteiger partial charge in [-0.15, -0.1) is 0 Å². The van der Waals surface area contributed by atoms with Crippen LogP contribution in [0.4, 0.5) is 5.69 Å². The SMILES string of the molecule is O=C(Nc1ccc(=O)[nH]c1)c1n[nH]c2ccc(-c3cccnc3)cc12. The number of amides is 1. The number of pyridine rings is 2. The molecule has 0 unspecified atom stereocenters. The number of benzene rings is 1. The Morgan fingerprint density at radius 2 is 2.00 bits per heavy atom. The monoisotopic (exact) mass is 331 g/mol. The van der Waals surface area contributed by atoms with Crippen LogP contribution < -0.4 is 10.9 Å². The Hall–Kier alpha value is -3.74. The standard InChI is InChI=1S/C18H13N5O2/c24-16-6-4-13(10-20-16)21-18(25)17-14-8-11(3-5-15(14)22-23-17)12-2-1-7-19-9-12/h1-10H,(H,20,24)(H,21,25)(H,22,23). The lowest BCUT2D eigenvalue weighted by Crippen LogP contribution is -2.14. The van der Waals surface area contributed by atoms with Crippen LogP contribution in [0.2, 0.25) is 0 Å². The highest BCUT2D eigenvalue weighted by atomic mass is 16.2. The van der Waals surface area contributed by atoms with Gasteiger partial charge < -0.3 is 10.3 Å². The van der Waals surface area contributed by atoms with E-state index in [1.807, 2.05) is 30.3 Å². The van der Waals surface area contributed by atoms with Crippen molar-refractivity contribution in [1.82, 2.24) is 20.2 Å². The molecular formula is C18H13N5O2. The van der Waals surface area contributed by atoms with Crippen LogP contribution in [0.25, 0.3) is 22.0 Å². The fourth-order valence-corrected chi connectivity index (χ4v) is 2.58. The van der Waals surface area contributed by atoms with Gasteiger partial charge in [-0.3, -0.25) is 19.7 Å². The summed E-state index contributed by atoms with van der Waals surface area (Å²) >= 11 is 0. The van der Waals surface area contributed by atoms with Crippen molar-refractivity contribution in [1.29, 1.82) is 0 Å². The summed E-state index contributed by atoms with van der Waals surface area (Å²) in [7, 11) is 0. The molecule has 0 atom stereocenters. The van der Waals surface area contributed by atoms with E-state index in [2.05, 4.69) is 25.5 Å². The molecule has 4 aromatic rings. The molecule has 0 aliphatic rings. The first-order valence-electron chi connectivity index (χ1n) is 7.59. The number of aromatic amines is 2. The minimum absolute atomic E-state index is 0.232. The van der Waals surface area contributed by atoms with Crippen molar-refractivity contribution in [3.05, 3.63) is 77.1 Å². The molecule has 0 spiro atoms. The van der Waals surface area contributed by atoms with Crippen molar-refractivity contribution in [3.63, 3.8) is 0 Å². The number of H-pyrrole nitrogens is 2. The lowest BCUT2D eigenvalue weighted by molar-refractivity contribution is 0.102. The summed E-state index contributed by atoms with van der Waals surface area (Å²) in [5, 5.41) is 10.4. The van der Waals surface area contributed by atoms with Gasteiger partial charge in [0.1, 0.15) is 0 Å². The molecule has 25 heavy (non-hydrogen) atoms. The van der Waals surface area contributed by atoms with E-state index in [4.69, 9.17) is 0 Å². The second-order valence-electron chi connectivity index (χ2n) is 5.47. The highest BCUT2D eigenvalue weighted by molar-refractivity contribution is 6.11. The summed E-state index contributed by atoms with van der Waals surface area (Å²) in [5.74, 6) is -0.360. The van der Waals surface area contributed by atoms with Crippen LogP contribution in [0, 0.1) is 0 Å². The van der Waals surface area contributed by atoms with Crippen molar-refractivity contribution >= 4 is 22.5 Å². The van der Waals surface area contributed by atoms with Gasteiger partial charge in [0.2, 0.25) is 5.56 Å². The molecule has 1 amide bonds. The summed E-state index contributed by atoms with van der Waals surface area (Å²) in [6.45, 7) is 0. The molecule has 1 aromatic carbocycles. The van der Waals surface area contributed by atoms with Crippen LogP contribution in [0.3, 0.4) is 0 Å². The molecule has 3 aromatic heterocycles. The van der Waals surface area contributed by atoms with E-state index < -0.39 is 0 Å². The molecule has 0 radical (unpaired) electrons. The molecule has 0 bridgehead atoms. The number of carbonyl (C=O) groups is 1. The molecule has 0 aliphatic carbocycles. The van der Waals surface area contributed by atoms with Gasteiger partial charge in [0.05, 0.1) is 11.2 Å². The van der Waals surface area contributed by atoms with Crippen molar-refractivity contribution in [3.8, 4) is 11.1 Å². The average molecular weight is 331 g/mol. The van der Waals surface area contributed by atoms with Crippen LogP contribution in [0.1, 0.15) is 10.5 Å². The summed E-state index contributed by atoms with van der Waals surface area (Å²) in [6.07, 6.45) is 4.92. The second-order valence-corrected chi connectivity index (χ2v) is 5.47. The van der Waals surface area contributed by atoms with E-state index in [0.717, 1.165) is 16.6 Å². The molecular weight excluding hydrogens is 318 g/mol. The van der Waals surface area contributed by atoms with Crippen molar-refractivity contribution < 1.29 is 4.79 Å². The van der Waals surface area contributed by atoms with Gasteiger partial charge >= 0.3 is 0 Å². The van der Waals surface area contributed by atoms with Crippen molar-refractivity contribution in [2.24, 2.45) is 0 Å². The van der Waals surface area contributed by atoms with Gasteiger partial charge in [0.25, 0.3) is 5.91 Å². The maximum atomic E-state index is 12.5. The number of nitrogens with zero attached hydrogens (tertiary/aromatic N) is 2. The summed E-state index contributed by atoms with van der Waals surface area (Å²) in [4.78, 5) is 30.2. The molecule has 7 heteroatoms. The normalized spacial score (nSPS) is 10.7. The van der Waals surface area contributed by atoms with Crippen LogP contribution >= 0.6 is 0 Å². The Labute approximate surface area is 141 Å². The fourth-order valence-electron chi connectivity index (χ4n) is 2.58. The topological polar surface area (TPSA) is 104 Å². The van der Waals surface area contributed by atoms with Gasteiger partial charge in [0, 0.05) is 35.6 Å². The third-order valence-corrected chi connectivity index (χ3v) is 3.81. The maximum absolute atomic E-state index is 12.5. The van der Waals surface area contributed by atoms with Gasteiger partial charge in [-0.05, 0) is 29.8 Å². The Morgan fingerprint density at radius 1 is 1.08 bits per heavy atom. The molecule has 0 aliphatic heterocycles. The van der Waals surface area contributed by atoms with Crippen molar-refractivity contribution in [2.45, 2.75) is 0 Å². The smallest absolute Gasteiger partial charge is 0.276 e. The number of fused-ring (bicyclic) bond motifs is 1. The van der Waals surface area contributed by atoms with E-state index >= 15 is 0 Å². The molecule has 4 rings (SSSR count). The highest BCUT2D eigenvalue weighted by Gasteiger charge is 2.15. The largest absolute Gasteiger partial charge is 0.327 e. The van der Waals surface area contributed by atoms with Gasteiger partial charge in [0.15, 0.2) is 5.69 Å².